The van der Waals surface area contributed by atoms with Gasteiger partial charge in [0.2, 0.25) is 10.0 Å². The summed E-state index contributed by atoms with van der Waals surface area (Å²) in [7, 11) is -3.36. The summed E-state index contributed by atoms with van der Waals surface area (Å²) in [4.78, 5) is 0. The van der Waals surface area contributed by atoms with Crippen molar-refractivity contribution >= 4 is 37.3 Å². The van der Waals surface area contributed by atoms with E-state index >= 15 is 0 Å². The minimum Gasteiger partial charge on any atom is -0.207 e. The van der Waals surface area contributed by atoms with Crippen LogP contribution in [0.1, 0.15) is 24.8 Å². The van der Waals surface area contributed by atoms with Gasteiger partial charge in [0, 0.05) is 6.04 Å². The van der Waals surface area contributed by atoms with Crippen LogP contribution in [-0.4, -0.2) is 14.5 Å². The molecule has 1 aromatic rings. The second-order valence-corrected chi connectivity index (χ2v) is 8.44. The Kier molecular flexibility index (Phi) is 4.07. The van der Waals surface area contributed by atoms with Crippen LogP contribution in [0.15, 0.2) is 26.2 Å². The van der Waals surface area contributed by atoms with Gasteiger partial charge in [-0.2, -0.15) is 0 Å². The van der Waals surface area contributed by atoms with Crippen LogP contribution >= 0.6 is 27.3 Å². The van der Waals surface area contributed by atoms with E-state index in [0.29, 0.717) is 4.21 Å². The molecule has 0 aliphatic heterocycles. The molecule has 1 aromatic heterocycles. The maximum atomic E-state index is 12.1. The molecule has 1 atom stereocenters. The first-order valence-corrected chi connectivity index (χ1v) is 8.51. The van der Waals surface area contributed by atoms with Gasteiger partial charge in [0.1, 0.15) is 4.21 Å². The van der Waals surface area contributed by atoms with Gasteiger partial charge in [0.25, 0.3) is 0 Å². The molecule has 0 saturated carbocycles. The van der Waals surface area contributed by atoms with Crippen molar-refractivity contribution in [3.8, 4) is 0 Å². The van der Waals surface area contributed by atoms with E-state index in [9.17, 15) is 8.42 Å². The van der Waals surface area contributed by atoms with E-state index in [1.807, 2.05) is 13.0 Å². The van der Waals surface area contributed by atoms with Gasteiger partial charge in [0.05, 0.1) is 3.79 Å². The molecule has 0 radical (unpaired) electrons. The molecule has 6 heteroatoms. The first kappa shape index (κ1) is 13.3. The highest BCUT2D eigenvalue weighted by Gasteiger charge is 2.22. The maximum absolute atomic E-state index is 12.1. The first-order chi connectivity index (χ1) is 7.99. The largest absolute Gasteiger partial charge is 0.250 e. The summed E-state index contributed by atoms with van der Waals surface area (Å²) in [5.74, 6) is 0. The van der Waals surface area contributed by atoms with Crippen LogP contribution in [-0.2, 0) is 10.0 Å². The van der Waals surface area contributed by atoms with Crippen LogP contribution in [0.5, 0.6) is 0 Å². The van der Waals surface area contributed by atoms with E-state index in [-0.39, 0.29) is 6.04 Å². The van der Waals surface area contributed by atoms with Crippen LogP contribution in [0, 0.1) is 6.92 Å². The van der Waals surface area contributed by atoms with E-state index in [1.165, 1.54) is 11.3 Å². The van der Waals surface area contributed by atoms with E-state index < -0.39 is 10.0 Å². The Labute approximate surface area is 114 Å². The molecular formula is C11H14BrNO2S2. The quantitative estimate of drug-likeness (QED) is 0.862. The molecule has 1 aliphatic carbocycles. The number of aryl methyl sites for hydroxylation is 1. The lowest BCUT2D eigenvalue weighted by molar-refractivity contribution is 0.523. The summed E-state index contributed by atoms with van der Waals surface area (Å²) in [6.45, 7) is 1.89. The Hall–Kier alpha value is -0.170. The van der Waals surface area contributed by atoms with Crippen LogP contribution in [0.2, 0.25) is 0 Å². The van der Waals surface area contributed by atoms with Gasteiger partial charge in [-0.3, -0.25) is 0 Å². The molecule has 94 valence electrons. The van der Waals surface area contributed by atoms with Crippen molar-refractivity contribution < 1.29 is 8.42 Å². The van der Waals surface area contributed by atoms with Crippen LogP contribution in [0.25, 0.3) is 0 Å². The Balaban J connectivity index is 2.16. The van der Waals surface area contributed by atoms with Gasteiger partial charge in [-0.25, -0.2) is 13.1 Å². The smallest absolute Gasteiger partial charge is 0.207 e. The van der Waals surface area contributed by atoms with Crippen LogP contribution in [0.4, 0.5) is 0 Å². The summed E-state index contributed by atoms with van der Waals surface area (Å²) in [5, 5.41) is 0. The number of rotatable bonds is 3. The summed E-state index contributed by atoms with van der Waals surface area (Å²) in [6, 6.07) is 1.74. The van der Waals surface area contributed by atoms with Crippen molar-refractivity contribution in [2.24, 2.45) is 0 Å². The van der Waals surface area contributed by atoms with Crippen molar-refractivity contribution in [1.29, 1.82) is 0 Å². The van der Waals surface area contributed by atoms with Gasteiger partial charge in [-0.1, -0.05) is 12.2 Å². The zero-order valence-electron chi connectivity index (χ0n) is 9.44. The third kappa shape index (κ3) is 3.19. The average Bonchev–Trinajstić information content (AvgIpc) is 2.61. The number of thiophene rings is 1. The van der Waals surface area contributed by atoms with Crippen LogP contribution < -0.4 is 4.72 Å². The number of allylic oxidation sites excluding steroid dienone is 1. The molecule has 1 aliphatic rings. The second kappa shape index (κ2) is 5.22. The standard InChI is InChI=1S/C11H14BrNO2S2/c1-8-7-10(16-11(8)12)17(14,15)13-9-5-3-2-4-6-9/h2-3,7,9,13H,4-6H2,1H3. The average molecular weight is 336 g/mol. The van der Waals surface area contributed by atoms with Crippen molar-refractivity contribution in [1.82, 2.24) is 4.72 Å². The molecule has 17 heavy (non-hydrogen) atoms. The fraction of sp³-hybridized carbons (Fsp3) is 0.455. The maximum Gasteiger partial charge on any atom is 0.250 e. The summed E-state index contributed by atoms with van der Waals surface area (Å²) in [6.07, 6.45) is 6.73. The Bertz CT molecular complexity index is 514. The molecule has 0 amide bonds. The highest BCUT2D eigenvalue weighted by Crippen LogP contribution is 2.30. The Morgan fingerprint density at radius 3 is 2.76 bits per heavy atom. The summed E-state index contributed by atoms with van der Waals surface area (Å²) >= 11 is 4.61. The van der Waals surface area contributed by atoms with E-state index in [0.717, 1.165) is 28.6 Å². The highest BCUT2D eigenvalue weighted by atomic mass is 79.9. The molecular weight excluding hydrogens is 322 g/mol. The SMILES string of the molecule is Cc1cc(S(=O)(=O)NC2CC=CCC2)sc1Br. The topological polar surface area (TPSA) is 46.2 Å². The monoisotopic (exact) mass is 335 g/mol. The molecule has 1 heterocycles. The molecule has 0 fully saturated rings. The minimum atomic E-state index is -3.36. The van der Waals surface area contributed by atoms with E-state index in [1.54, 1.807) is 6.07 Å². The molecule has 0 bridgehead atoms. The summed E-state index contributed by atoms with van der Waals surface area (Å²) < 4.78 is 28.3. The third-order valence-corrected chi connectivity index (χ3v) is 6.82. The number of halogens is 1. The van der Waals surface area contributed by atoms with E-state index in [4.69, 9.17) is 0 Å². The van der Waals surface area contributed by atoms with Crippen molar-refractivity contribution in [2.45, 2.75) is 36.4 Å². The van der Waals surface area contributed by atoms with E-state index in [2.05, 4.69) is 26.7 Å². The molecule has 2 rings (SSSR count). The Morgan fingerprint density at radius 1 is 1.47 bits per heavy atom. The van der Waals surface area contributed by atoms with Gasteiger partial charge >= 0.3 is 0 Å². The first-order valence-electron chi connectivity index (χ1n) is 5.42. The number of hydrogen-bond acceptors (Lipinski definition) is 3. The lowest BCUT2D eigenvalue weighted by Gasteiger charge is -2.18. The van der Waals surface area contributed by atoms with Crippen LogP contribution in [0.3, 0.4) is 0 Å². The molecule has 3 nitrogen and oxygen atoms in total. The molecule has 0 spiro atoms. The number of hydrogen-bond donors (Lipinski definition) is 1. The number of sulfonamides is 1. The van der Waals surface area contributed by atoms with Gasteiger partial charge < -0.3 is 0 Å². The fourth-order valence-electron chi connectivity index (χ4n) is 1.74. The predicted octanol–water partition coefficient (Wildman–Crippen LogP) is 3.21. The molecule has 1 unspecified atom stereocenters. The van der Waals surface area contributed by atoms with Gasteiger partial charge in [-0.05, 0) is 53.7 Å². The molecule has 0 saturated heterocycles. The van der Waals surface area contributed by atoms with Gasteiger partial charge in [0.15, 0.2) is 0 Å². The molecule has 0 aromatic carbocycles. The summed E-state index contributed by atoms with van der Waals surface area (Å²) in [5.41, 5.74) is 0.957. The third-order valence-electron chi connectivity index (χ3n) is 2.69. The normalized spacial score (nSPS) is 20.7. The lowest BCUT2D eigenvalue weighted by atomic mass is 10.0. The van der Waals surface area contributed by atoms with Crippen molar-refractivity contribution in [3.05, 3.63) is 27.6 Å². The minimum absolute atomic E-state index is 0.0335. The molecule has 1 N–H and O–H groups in total. The van der Waals surface area contributed by atoms with Crippen molar-refractivity contribution in [3.63, 3.8) is 0 Å². The lowest BCUT2D eigenvalue weighted by Crippen LogP contribution is -2.34. The Morgan fingerprint density at radius 2 is 2.24 bits per heavy atom. The second-order valence-electron chi connectivity index (χ2n) is 4.12. The number of nitrogens with one attached hydrogen (secondary N) is 1. The van der Waals surface area contributed by atoms with Crippen molar-refractivity contribution in [2.75, 3.05) is 0 Å². The predicted molar refractivity (Wildman–Crippen MR) is 73.9 cm³/mol. The van der Waals surface area contributed by atoms with Gasteiger partial charge in [-0.15, -0.1) is 11.3 Å². The zero-order chi connectivity index (χ0) is 12.5. The fourth-order valence-corrected chi connectivity index (χ4v) is 5.27. The zero-order valence-corrected chi connectivity index (χ0v) is 12.7. The highest BCUT2D eigenvalue weighted by molar-refractivity contribution is 9.11.